The minimum Gasteiger partial charge on any atom is -0.384 e. The molecule has 11 heteroatoms. The number of para-hydroxylation sites is 2. The Morgan fingerprint density at radius 1 is 0.952 bits per heavy atom. The van der Waals surface area contributed by atoms with E-state index < -0.39 is 29.7 Å². The molecule has 7 rings (SSSR count). The van der Waals surface area contributed by atoms with Crippen LogP contribution in [0.3, 0.4) is 0 Å². The second kappa shape index (κ2) is 10.5. The van der Waals surface area contributed by atoms with Gasteiger partial charge in [-0.1, -0.05) is 18.2 Å². The second-order valence-corrected chi connectivity index (χ2v) is 11.2. The van der Waals surface area contributed by atoms with E-state index in [4.69, 9.17) is 4.98 Å². The molecule has 2 aliphatic heterocycles. The van der Waals surface area contributed by atoms with Gasteiger partial charge in [0.25, 0.3) is 11.8 Å². The van der Waals surface area contributed by atoms with Gasteiger partial charge in [-0.3, -0.25) is 39.1 Å². The molecule has 1 atom stereocenters. The zero-order valence-electron chi connectivity index (χ0n) is 22.8. The van der Waals surface area contributed by atoms with Gasteiger partial charge < -0.3 is 5.32 Å². The van der Waals surface area contributed by atoms with Crippen molar-refractivity contribution in [3.8, 4) is 11.3 Å². The van der Waals surface area contributed by atoms with E-state index in [1.807, 2.05) is 41.3 Å². The maximum absolute atomic E-state index is 13.3. The topological polar surface area (TPSA) is 139 Å². The zero-order chi connectivity index (χ0) is 28.8. The number of rotatable bonds is 8. The van der Waals surface area contributed by atoms with E-state index in [1.54, 1.807) is 24.4 Å². The lowest BCUT2D eigenvalue weighted by Crippen LogP contribution is -2.54. The van der Waals surface area contributed by atoms with E-state index in [2.05, 4.69) is 20.7 Å². The molecule has 2 N–H and O–H groups in total. The largest absolute Gasteiger partial charge is 0.384 e. The Morgan fingerprint density at radius 3 is 2.62 bits per heavy atom. The van der Waals surface area contributed by atoms with Crippen LogP contribution in [-0.4, -0.2) is 60.9 Å². The van der Waals surface area contributed by atoms with Gasteiger partial charge in [0, 0.05) is 30.4 Å². The molecule has 2 aromatic carbocycles. The number of nitrogens with zero attached hydrogens (tertiary/aromatic N) is 5. The first-order valence-corrected chi connectivity index (χ1v) is 14.3. The average molecular weight is 564 g/mol. The first-order valence-electron chi connectivity index (χ1n) is 14.3. The summed E-state index contributed by atoms with van der Waals surface area (Å²) in [6, 6.07) is 12.3. The number of carbonyl (C=O) groups is 4. The van der Waals surface area contributed by atoms with E-state index in [9.17, 15) is 19.2 Å². The van der Waals surface area contributed by atoms with Gasteiger partial charge in [0.1, 0.15) is 6.04 Å². The molecule has 4 aromatic rings. The Hall–Kier alpha value is -4.93. The van der Waals surface area contributed by atoms with Crippen molar-refractivity contribution >= 4 is 40.3 Å². The Balaban J connectivity index is 0.916. The molecule has 0 radical (unpaired) electrons. The number of aromatic nitrogens is 4. The third kappa shape index (κ3) is 4.60. The maximum atomic E-state index is 13.3. The summed E-state index contributed by atoms with van der Waals surface area (Å²) in [6.45, 7) is 0.657. The summed E-state index contributed by atoms with van der Waals surface area (Å²) in [4.78, 5) is 60.4. The third-order valence-corrected chi connectivity index (χ3v) is 8.50. The Labute approximate surface area is 241 Å². The van der Waals surface area contributed by atoms with Gasteiger partial charge in [0.15, 0.2) is 0 Å². The van der Waals surface area contributed by atoms with Crippen molar-refractivity contribution < 1.29 is 19.2 Å². The lowest BCUT2D eigenvalue weighted by Gasteiger charge is -2.35. The summed E-state index contributed by atoms with van der Waals surface area (Å²) in [5.74, 6) is -1.40. The number of nitrogens with one attached hydrogen (secondary N) is 2. The van der Waals surface area contributed by atoms with Crippen LogP contribution in [0.1, 0.15) is 65.3 Å². The number of benzene rings is 2. The van der Waals surface area contributed by atoms with Crippen molar-refractivity contribution in [3.05, 3.63) is 72.2 Å². The molecule has 0 spiro atoms. The second-order valence-electron chi connectivity index (χ2n) is 11.2. The number of carbonyl (C=O) groups excluding carboxylic acids is 4. The molecule has 212 valence electrons. The highest BCUT2D eigenvalue weighted by molar-refractivity contribution is 6.25. The number of imide groups is 2. The van der Waals surface area contributed by atoms with Crippen molar-refractivity contribution in [2.24, 2.45) is 5.92 Å². The predicted octanol–water partition coefficient (Wildman–Crippen LogP) is 3.74. The van der Waals surface area contributed by atoms with Gasteiger partial charge in [-0.15, -0.1) is 0 Å². The number of hydrogen-bond acceptors (Lipinski definition) is 8. The van der Waals surface area contributed by atoms with Gasteiger partial charge in [-0.25, -0.2) is 4.98 Å². The summed E-state index contributed by atoms with van der Waals surface area (Å²) in [5, 5.41) is 10.2. The molecule has 1 aliphatic carbocycles. The molecule has 1 unspecified atom stereocenters. The van der Waals surface area contributed by atoms with E-state index in [1.165, 1.54) is 0 Å². The molecule has 3 aliphatic rings. The fraction of sp³-hybridized carbons (Fsp3) is 0.323. The predicted molar refractivity (Wildman–Crippen MR) is 153 cm³/mol. The van der Waals surface area contributed by atoms with E-state index in [0.29, 0.717) is 29.8 Å². The van der Waals surface area contributed by atoms with Crippen LogP contribution < -0.4 is 10.6 Å². The molecule has 2 fully saturated rings. The number of fused-ring (bicyclic) bond motifs is 2. The van der Waals surface area contributed by atoms with Gasteiger partial charge in [-0.2, -0.15) is 5.10 Å². The fourth-order valence-corrected chi connectivity index (χ4v) is 6.19. The first-order chi connectivity index (χ1) is 20.5. The fourth-order valence-electron chi connectivity index (χ4n) is 6.19. The smallest absolute Gasteiger partial charge is 0.264 e. The molecule has 1 saturated heterocycles. The number of anilines is 1. The van der Waals surface area contributed by atoms with Crippen molar-refractivity contribution in [1.82, 2.24) is 30.0 Å². The van der Waals surface area contributed by atoms with Gasteiger partial charge in [0.05, 0.1) is 46.3 Å². The molecule has 4 amide bonds. The molecule has 2 aromatic heterocycles. The van der Waals surface area contributed by atoms with Crippen LogP contribution in [0.25, 0.3) is 22.3 Å². The van der Waals surface area contributed by atoms with Crippen molar-refractivity contribution in [2.45, 2.75) is 50.6 Å². The molecular weight excluding hydrogens is 534 g/mol. The summed E-state index contributed by atoms with van der Waals surface area (Å²) in [5.41, 5.74) is 4.67. The van der Waals surface area contributed by atoms with Crippen molar-refractivity contribution in [3.63, 3.8) is 0 Å². The van der Waals surface area contributed by atoms with Gasteiger partial charge >= 0.3 is 0 Å². The normalized spacial score (nSPS) is 21.8. The van der Waals surface area contributed by atoms with Crippen LogP contribution in [0.4, 0.5) is 5.69 Å². The highest BCUT2D eigenvalue weighted by Gasteiger charge is 2.45. The Bertz CT molecular complexity index is 1740. The molecule has 11 nitrogen and oxygen atoms in total. The minimum atomic E-state index is -0.971. The maximum Gasteiger partial charge on any atom is 0.264 e. The Morgan fingerprint density at radius 2 is 1.79 bits per heavy atom. The summed E-state index contributed by atoms with van der Waals surface area (Å²) in [7, 11) is 0. The van der Waals surface area contributed by atoms with Gasteiger partial charge in [-0.05, 0) is 62.3 Å². The standard InChI is InChI=1S/C31H29N7O4/c39-27-11-10-26(29(40)36-27)38-30(41)21-6-3-9-24(28(21)31(38)42)32-12-4-5-18-13-20(14-18)37-17-19(15-34-37)25-16-33-22-7-1-2-8-23(22)35-25/h1-3,6-9,15-18,20,26,32H,4-5,10-14H2,(H,36,39,40). The molecule has 0 bridgehead atoms. The average Bonchev–Trinajstić information content (AvgIpc) is 3.55. The van der Waals surface area contributed by atoms with Crippen molar-refractivity contribution in [2.75, 3.05) is 11.9 Å². The van der Waals surface area contributed by atoms with Crippen LogP contribution in [0, 0.1) is 5.92 Å². The zero-order valence-corrected chi connectivity index (χ0v) is 22.8. The SMILES string of the molecule is O=C1CCC(N2C(=O)c3cccc(NCCCC4CC(n5cc(-c6cnc7ccccc7n6)cn5)C4)c3C2=O)C(=O)N1. The van der Waals surface area contributed by atoms with E-state index in [-0.39, 0.29) is 18.4 Å². The van der Waals surface area contributed by atoms with Crippen LogP contribution in [0.5, 0.6) is 0 Å². The summed E-state index contributed by atoms with van der Waals surface area (Å²) in [6.07, 6.45) is 9.98. The third-order valence-electron chi connectivity index (χ3n) is 8.50. The number of hydrogen-bond donors (Lipinski definition) is 2. The first kappa shape index (κ1) is 26.0. The van der Waals surface area contributed by atoms with Crippen LogP contribution in [0.2, 0.25) is 0 Å². The lowest BCUT2D eigenvalue weighted by molar-refractivity contribution is -0.136. The van der Waals surface area contributed by atoms with Gasteiger partial charge in [0.2, 0.25) is 11.8 Å². The minimum absolute atomic E-state index is 0.0949. The Kier molecular flexibility index (Phi) is 6.49. The quantitative estimate of drug-likeness (QED) is 0.244. The van der Waals surface area contributed by atoms with E-state index in [0.717, 1.165) is 52.9 Å². The highest BCUT2D eigenvalue weighted by Crippen LogP contribution is 2.40. The molecular formula is C31H29N7O4. The van der Waals surface area contributed by atoms with Crippen LogP contribution in [-0.2, 0) is 9.59 Å². The monoisotopic (exact) mass is 563 g/mol. The molecule has 42 heavy (non-hydrogen) atoms. The number of piperidine rings is 1. The summed E-state index contributed by atoms with van der Waals surface area (Å²) < 4.78 is 2.03. The molecule has 1 saturated carbocycles. The van der Waals surface area contributed by atoms with E-state index >= 15 is 0 Å². The van der Waals surface area contributed by atoms with Crippen LogP contribution in [0.15, 0.2) is 61.1 Å². The highest BCUT2D eigenvalue weighted by atomic mass is 16.2. The van der Waals surface area contributed by atoms with Crippen molar-refractivity contribution in [1.29, 1.82) is 0 Å². The number of amides is 4. The lowest BCUT2D eigenvalue weighted by atomic mass is 9.77. The van der Waals surface area contributed by atoms with Crippen LogP contribution >= 0.6 is 0 Å². The molecule has 4 heterocycles. The summed E-state index contributed by atoms with van der Waals surface area (Å²) >= 11 is 0.